The van der Waals surface area contributed by atoms with Gasteiger partial charge in [-0.15, -0.1) is 0 Å². The van der Waals surface area contributed by atoms with Gasteiger partial charge in [0, 0.05) is 29.5 Å². The van der Waals surface area contributed by atoms with E-state index in [0.717, 1.165) is 23.3 Å². The monoisotopic (exact) mass is 628 g/mol. The van der Waals surface area contributed by atoms with Gasteiger partial charge in [-0.05, 0) is 96.7 Å². The van der Waals surface area contributed by atoms with Crippen molar-refractivity contribution in [3.63, 3.8) is 0 Å². The van der Waals surface area contributed by atoms with Crippen molar-refractivity contribution in [1.82, 2.24) is 0 Å². The Morgan fingerprint density at radius 3 is 1.61 bits per heavy atom. The average molecular weight is 629 g/mol. The van der Waals surface area contributed by atoms with E-state index >= 15 is 0 Å². The normalized spacial score (nSPS) is 20.2. The van der Waals surface area contributed by atoms with Crippen molar-refractivity contribution in [2.75, 3.05) is 0 Å². The number of aryl methyl sites for hydroxylation is 2. The lowest BCUT2D eigenvalue weighted by atomic mass is 9.79. The summed E-state index contributed by atoms with van der Waals surface area (Å²) in [5.41, 5.74) is 4.83. The highest BCUT2D eigenvalue weighted by atomic mass is 16.5. The molecule has 0 saturated carbocycles. The molecule has 6 N–H and O–H groups in total. The van der Waals surface area contributed by atoms with Crippen LogP contribution < -0.4 is 9.47 Å². The van der Waals surface area contributed by atoms with Crippen LogP contribution in [-0.2, 0) is 12.8 Å². The molecule has 0 fully saturated rings. The molecule has 0 bridgehead atoms. The van der Waals surface area contributed by atoms with E-state index in [1.54, 1.807) is 26.0 Å². The lowest BCUT2D eigenvalue weighted by Crippen LogP contribution is -2.29. The average Bonchev–Trinajstić information content (AvgIpc) is 3.00. The number of ether oxygens (including phenoxy) is 2. The molecule has 0 aliphatic carbocycles. The van der Waals surface area contributed by atoms with Gasteiger partial charge in [-0.3, -0.25) is 0 Å². The molecule has 2 aliphatic rings. The maximum Gasteiger partial charge on any atom is 0.160 e. The molecule has 6 rings (SSSR count). The van der Waals surface area contributed by atoms with Gasteiger partial charge in [0.2, 0.25) is 0 Å². The predicted octanol–water partition coefficient (Wildman–Crippen LogP) is 8.12. The minimum Gasteiger partial charge on any atom is -0.508 e. The summed E-state index contributed by atoms with van der Waals surface area (Å²) in [6.07, 6.45) is 1.10. The Hall–Kier alpha value is -4.72. The van der Waals surface area contributed by atoms with Gasteiger partial charge in [-0.2, -0.15) is 0 Å². The molecule has 46 heavy (non-hydrogen) atoms. The van der Waals surface area contributed by atoms with E-state index in [2.05, 4.69) is 33.8 Å². The zero-order chi connectivity index (χ0) is 33.4. The number of para-hydroxylation sites is 1. The first-order valence-corrected chi connectivity index (χ1v) is 15.8. The summed E-state index contributed by atoms with van der Waals surface area (Å²) in [4.78, 5) is 0. The van der Waals surface area contributed by atoms with E-state index in [4.69, 9.17) is 9.47 Å². The Labute approximate surface area is 270 Å². The molecule has 2 heterocycles. The van der Waals surface area contributed by atoms with Crippen LogP contribution in [0, 0.1) is 37.5 Å². The molecule has 244 valence electrons. The van der Waals surface area contributed by atoms with Crippen molar-refractivity contribution in [2.45, 2.75) is 66.6 Å². The van der Waals surface area contributed by atoms with Gasteiger partial charge in [0.25, 0.3) is 0 Å². The number of benzene rings is 4. The van der Waals surface area contributed by atoms with Crippen molar-refractivity contribution < 1.29 is 40.1 Å². The minimum absolute atomic E-state index is 0.0267. The minimum atomic E-state index is -0.344. The number of hydrogen-bond acceptors (Lipinski definition) is 8. The molecular weight excluding hydrogens is 584 g/mol. The highest BCUT2D eigenvalue weighted by molar-refractivity contribution is 5.53. The van der Waals surface area contributed by atoms with Crippen LogP contribution >= 0.6 is 0 Å². The Balaban J connectivity index is 0.000000182. The number of fused-ring (bicyclic) bond motifs is 2. The number of rotatable bonds is 4. The van der Waals surface area contributed by atoms with Crippen molar-refractivity contribution >= 4 is 0 Å². The fourth-order valence-corrected chi connectivity index (χ4v) is 6.57. The van der Waals surface area contributed by atoms with Crippen molar-refractivity contribution in [2.24, 2.45) is 23.7 Å². The molecule has 4 aromatic rings. The van der Waals surface area contributed by atoms with Crippen molar-refractivity contribution in [3.05, 3.63) is 94.0 Å². The van der Waals surface area contributed by atoms with Gasteiger partial charge in [-0.1, -0.05) is 45.9 Å². The fraction of sp³-hybridized carbons (Fsp3) is 0.368. The van der Waals surface area contributed by atoms with Gasteiger partial charge >= 0.3 is 0 Å². The van der Waals surface area contributed by atoms with Gasteiger partial charge in [-0.25, -0.2) is 0 Å². The Morgan fingerprint density at radius 1 is 0.587 bits per heavy atom. The fourth-order valence-electron chi connectivity index (χ4n) is 6.57. The number of hydrogen-bond donors (Lipinski definition) is 6. The summed E-state index contributed by atoms with van der Waals surface area (Å²) in [6.45, 7) is 12.1. The van der Waals surface area contributed by atoms with Crippen LogP contribution in [0.5, 0.6) is 46.0 Å². The SMILES string of the molecule is Cc1cc([C@H]2Oc3cc(O)cc(O)c3C[C@H]2C(C)C)cc(O)c1O.Cc1cc([C@H]2Oc3ccccc3C[C@H]2C(C)C)cc(O)c1O. The zero-order valence-corrected chi connectivity index (χ0v) is 27.2. The first-order chi connectivity index (χ1) is 21.7. The molecule has 0 radical (unpaired) electrons. The molecule has 0 amide bonds. The lowest BCUT2D eigenvalue weighted by molar-refractivity contribution is 0.0831. The third-order valence-corrected chi connectivity index (χ3v) is 9.30. The summed E-state index contributed by atoms with van der Waals surface area (Å²) in [7, 11) is 0. The molecule has 4 aromatic carbocycles. The number of aromatic hydroxyl groups is 6. The van der Waals surface area contributed by atoms with Crippen molar-refractivity contribution in [3.8, 4) is 46.0 Å². The van der Waals surface area contributed by atoms with E-state index in [-0.39, 0.29) is 58.5 Å². The van der Waals surface area contributed by atoms with E-state index in [1.165, 1.54) is 23.8 Å². The third-order valence-electron chi connectivity index (χ3n) is 9.30. The van der Waals surface area contributed by atoms with Crippen LogP contribution in [0.4, 0.5) is 0 Å². The second kappa shape index (κ2) is 12.9. The number of phenols is 6. The molecule has 8 heteroatoms. The molecule has 0 unspecified atom stereocenters. The summed E-state index contributed by atoms with van der Waals surface area (Å²) in [6, 6.07) is 17.8. The Morgan fingerprint density at radius 2 is 1.09 bits per heavy atom. The van der Waals surface area contributed by atoms with Crippen molar-refractivity contribution in [1.29, 1.82) is 0 Å². The lowest BCUT2D eigenvalue weighted by Gasteiger charge is -2.36. The molecule has 0 aromatic heterocycles. The van der Waals surface area contributed by atoms with Gasteiger partial charge < -0.3 is 40.1 Å². The second-order valence-electron chi connectivity index (χ2n) is 13.3. The smallest absolute Gasteiger partial charge is 0.160 e. The summed E-state index contributed by atoms with van der Waals surface area (Å²) in [5, 5.41) is 59.2. The zero-order valence-electron chi connectivity index (χ0n) is 27.2. The van der Waals surface area contributed by atoms with E-state index in [0.29, 0.717) is 40.7 Å². The summed E-state index contributed by atoms with van der Waals surface area (Å²) in [5.74, 6) is 2.01. The molecule has 8 nitrogen and oxygen atoms in total. The summed E-state index contributed by atoms with van der Waals surface area (Å²) < 4.78 is 12.3. The largest absolute Gasteiger partial charge is 0.508 e. The Kier molecular flexibility index (Phi) is 9.20. The molecule has 0 saturated heterocycles. The molecule has 4 atom stereocenters. The topological polar surface area (TPSA) is 140 Å². The predicted molar refractivity (Wildman–Crippen MR) is 176 cm³/mol. The Bertz CT molecular complexity index is 1680. The van der Waals surface area contributed by atoms with Crippen LogP contribution in [0.2, 0.25) is 0 Å². The van der Waals surface area contributed by atoms with Crippen LogP contribution in [0.15, 0.2) is 60.7 Å². The van der Waals surface area contributed by atoms with Crippen LogP contribution in [0.25, 0.3) is 0 Å². The highest BCUT2D eigenvalue weighted by Gasteiger charge is 2.36. The van der Waals surface area contributed by atoms with Crippen LogP contribution in [0.1, 0.15) is 73.3 Å². The quantitative estimate of drug-likeness (QED) is 0.125. The van der Waals surface area contributed by atoms with Gasteiger partial charge in [0.1, 0.15) is 35.2 Å². The van der Waals surface area contributed by atoms with E-state index in [1.807, 2.05) is 24.3 Å². The van der Waals surface area contributed by atoms with E-state index in [9.17, 15) is 30.6 Å². The van der Waals surface area contributed by atoms with Gasteiger partial charge in [0.15, 0.2) is 23.0 Å². The molecular formula is C38H44O8. The first-order valence-electron chi connectivity index (χ1n) is 15.8. The van der Waals surface area contributed by atoms with E-state index < -0.39 is 0 Å². The second-order valence-corrected chi connectivity index (χ2v) is 13.3. The number of phenolic OH excluding ortho intramolecular Hbond substituents is 6. The maximum absolute atomic E-state index is 10.1. The third kappa shape index (κ3) is 6.48. The standard InChI is InChI=1S/C19H22O5.C19H22O3/c1-9(2)13-8-14-15(21)6-12(20)7-17(14)24-19(13)11-4-10(3)18(23)16(22)5-11;1-11(2)15-9-13-6-4-5-7-17(13)22-19(15)14-8-12(3)18(21)16(20)10-14/h4-7,9,13,19-23H,8H2,1-3H3;4-8,10-11,15,19-21H,9H2,1-3H3/t13-,19+;15-,19+/m00/s1. The van der Waals surface area contributed by atoms with Crippen LogP contribution in [0.3, 0.4) is 0 Å². The van der Waals surface area contributed by atoms with Crippen LogP contribution in [-0.4, -0.2) is 30.6 Å². The molecule has 2 aliphatic heterocycles. The highest BCUT2D eigenvalue weighted by Crippen LogP contribution is 2.48. The van der Waals surface area contributed by atoms with Gasteiger partial charge in [0.05, 0.1) is 0 Å². The maximum atomic E-state index is 10.1. The first kappa shape index (κ1) is 32.7. The summed E-state index contributed by atoms with van der Waals surface area (Å²) >= 11 is 0. The molecule has 0 spiro atoms.